The summed E-state index contributed by atoms with van der Waals surface area (Å²) in [5.74, 6) is 0. The van der Waals surface area contributed by atoms with Crippen LogP contribution in [0.5, 0.6) is 0 Å². The summed E-state index contributed by atoms with van der Waals surface area (Å²) in [6, 6.07) is 7.89. The number of nitrogen functional groups attached to an aromatic ring is 2. The number of rotatable bonds is 2. The van der Waals surface area contributed by atoms with Crippen molar-refractivity contribution >= 4 is 22.7 Å². The standard InChI is InChI=1S/2C13H17F3N2/c2*1-9-4-2-3-7-18(9)12-6-5-10(8-11(12)17)13(14,15)16/h2*5-6,8-9H,2-4,7,17H2,1H3/t2*9-/m00/s1. The summed E-state index contributed by atoms with van der Waals surface area (Å²) in [4.78, 5) is 4.19. The van der Waals surface area contributed by atoms with E-state index in [9.17, 15) is 26.3 Å². The van der Waals surface area contributed by atoms with E-state index in [2.05, 4.69) is 23.6 Å². The van der Waals surface area contributed by atoms with E-state index >= 15 is 0 Å². The highest BCUT2D eigenvalue weighted by Crippen LogP contribution is 2.37. The molecule has 200 valence electrons. The number of piperidine rings is 2. The van der Waals surface area contributed by atoms with E-state index in [1.807, 2.05) is 0 Å². The molecule has 2 heterocycles. The monoisotopic (exact) mass is 516 g/mol. The summed E-state index contributed by atoms with van der Waals surface area (Å²) in [5.41, 5.74) is 12.0. The fourth-order valence-corrected chi connectivity index (χ4v) is 4.90. The van der Waals surface area contributed by atoms with Crippen LogP contribution < -0.4 is 21.3 Å². The minimum atomic E-state index is -4.33. The van der Waals surface area contributed by atoms with E-state index in [0.29, 0.717) is 12.1 Å². The van der Waals surface area contributed by atoms with Crippen molar-refractivity contribution in [3.63, 3.8) is 0 Å². The second kappa shape index (κ2) is 11.1. The number of nitrogens with zero attached hydrogens (tertiary/aromatic N) is 2. The molecule has 2 aromatic rings. The van der Waals surface area contributed by atoms with Gasteiger partial charge in [0.15, 0.2) is 0 Å². The van der Waals surface area contributed by atoms with Crippen molar-refractivity contribution in [3.05, 3.63) is 47.5 Å². The Morgan fingerprint density at radius 1 is 0.639 bits per heavy atom. The Hall–Kier alpha value is -2.78. The van der Waals surface area contributed by atoms with Crippen molar-refractivity contribution in [2.45, 2.75) is 76.8 Å². The van der Waals surface area contributed by atoms with E-state index < -0.39 is 23.5 Å². The largest absolute Gasteiger partial charge is 0.416 e. The van der Waals surface area contributed by atoms with Crippen LogP contribution in [0.3, 0.4) is 0 Å². The highest BCUT2D eigenvalue weighted by Gasteiger charge is 2.32. The smallest absolute Gasteiger partial charge is 0.397 e. The third-order valence-electron chi connectivity index (χ3n) is 6.93. The van der Waals surface area contributed by atoms with Crippen molar-refractivity contribution < 1.29 is 26.3 Å². The van der Waals surface area contributed by atoms with Gasteiger partial charge in [0.2, 0.25) is 0 Å². The quantitative estimate of drug-likeness (QED) is 0.324. The zero-order valence-electron chi connectivity index (χ0n) is 20.6. The molecule has 10 heteroatoms. The minimum Gasteiger partial charge on any atom is -0.397 e. The normalized spacial score (nSPS) is 21.1. The lowest BCUT2D eigenvalue weighted by Crippen LogP contribution is -2.37. The minimum absolute atomic E-state index is 0.207. The van der Waals surface area contributed by atoms with Crippen molar-refractivity contribution in [1.29, 1.82) is 0 Å². The fraction of sp³-hybridized carbons (Fsp3) is 0.538. The Bertz CT molecular complexity index is 939. The molecule has 0 unspecified atom stereocenters. The lowest BCUT2D eigenvalue weighted by atomic mass is 10.0. The molecule has 0 amide bonds. The molecule has 2 fully saturated rings. The van der Waals surface area contributed by atoms with Crippen LogP contribution >= 0.6 is 0 Å². The molecule has 2 aliphatic rings. The topological polar surface area (TPSA) is 58.5 Å². The number of anilines is 4. The van der Waals surface area contributed by atoms with Crippen LogP contribution in [-0.2, 0) is 12.4 Å². The Kier molecular flexibility index (Phi) is 8.56. The average molecular weight is 517 g/mol. The SMILES string of the molecule is C[C@H]1CCCCN1c1ccc(C(F)(F)F)cc1N.C[C@H]1CCCCN1c1ccc(C(F)(F)F)cc1N. The summed E-state index contributed by atoms with van der Waals surface area (Å²) in [6.07, 6.45) is -2.10. The van der Waals surface area contributed by atoms with Gasteiger partial charge in [-0.25, -0.2) is 0 Å². The molecular formula is C26H34F6N4. The Morgan fingerprint density at radius 2 is 1.00 bits per heavy atom. The number of benzene rings is 2. The van der Waals surface area contributed by atoms with E-state index in [1.165, 1.54) is 12.1 Å². The molecule has 0 saturated carbocycles. The molecule has 2 aliphatic heterocycles. The molecule has 36 heavy (non-hydrogen) atoms. The maximum atomic E-state index is 12.5. The molecule has 0 aromatic heterocycles. The van der Waals surface area contributed by atoms with Crippen LogP contribution in [0.1, 0.15) is 63.5 Å². The van der Waals surface area contributed by atoms with Crippen LogP contribution in [-0.4, -0.2) is 25.2 Å². The first-order chi connectivity index (χ1) is 16.8. The second-order valence-electron chi connectivity index (χ2n) is 9.62. The molecule has 2 aromatic carbocycles. The van der Waals surface area contributed by atoms with Gasteiger partial charge < -0.3 is 21.3 Å². The number of halogens is 6. The number of hydrogen-bond acceptors (Lipinski definition) is 4. The van der Waals surface area contributed by atoms with Gasteiger partial charge in [0.25, 0.3) is 0 Å². The van der Waals surface area contributed by atoms with Crippen molar-refractivity contribution in [3.8, 4) is 0 Å². The van der Waals surface area contributed by atoms with Gasteiger partial charge in [-0.1, -0.05) is 0 Å². The molecule has 4 N–H and O–H groups in total. The average Bonchev–Trinajstić information content (AvgIpc) is 2.79. The lowest BCUT2D eigenvalue weighted by Gasteiger charge is -2.36. The third-order valence-corrected chi connectivity index (χ3v) is 6.93. The van der Waals surface area contributed by atoms with Crippen molar-refractivity contribution in [2.75, 3.05) is 34.4 Å². The van der Waals surface area contributed by atoms with Gasteiger partial charge in [0, 0.05) is 25.2 Å². The summed E-state index contributed by atoms with van der Waals surface area (Å²) in [7, 11) is 0. The first kappa shape index (κ1) is 27.8. The first-order valence-corrected chi connectivity index (χ1v) is 12.3. The summed E-state index contributed by atoms with van der Waals surface area (Å²) in [6.45, 7) is 5.88. The predicted octanol–water partition coefficient (Wildman–Crippen LogP) is 7.33. The Morgan fingerprint density at radius 3 is 1.28 bits per heavy atom. The fourth-order valence-electron chi connectivity index (χ4n) is 4.90. The van der Waals surface area contributed by atoms with Crippen LogP contribution in [0.25, 0.3) is 0 Å². The maximum absolute atomic E-state index is 12.5. The maximum Gasteiger partial charge on any atom is 0.416 e. The zero-order valence-corrected chi connectivity index (χ0v) is 20.6. The highest BCUT2D eigenvalue weighted by molar-refractivity contribution is 5.70. The zero-order chi connectivity index (χ0) is 26.7. The molecular weight excluding hydrogens is 482 g/mol. The number of hydrogen-bond donors (Lipinski definition) is 2. The van der Waals surface area contributed by atoms with Gasteiger partial charge >= 0.3 is 12.4 Å². The van der Waals surface area contributed by atoms with E-state index in [4.69, 9.17) is 11.5 Å². The van der Waals surface area contributed by atoms with Gasteiger partial charge in [-0.15, -0.1) is 0 Å². The van der Waals surface area contributed by atoms with Gasteiger partial charge in [-0.3, -0.25) is 0 Å². The molecule has 2 saturated heterocycles. The van der Waals surface area contributed by atoms with Gasteiger partial charge in [-0.2, -0.15) is 26.3 Å². The molecule has 2 atom stereocenters. The number of alkyl halides is 6. The molecule has 4 nitrogen and oxygen atoms in total. The Balaban J connectivity index is 0.000000201. The van der Waals surface area contributed by atoms with Crippen molar-refractivity contribution in [2.24, 2.45) is 0 Å². The van der Waals surface area contributed by atoms with E-state index in [1.54, 1.807) is 0 Å². The van der Waals surface area contributed by atoms with Crippen LogP contribution in [0, 0.1) is 0 Å². The molecule has 0 bridgehead atoms. The molecule has 4 rings (SSSR count). The molecule has 0 aliphatic carbocycles. The van der Waals surface area contributed by atoms with Crippen LogP contribution in [0.2, 0.25) is 0 Å². The summed E-state index contributed by atoms with van der Waals surface area (Å²) < 4.78 is 75.3. The van der Waals surface area contributed by atoms with Gasteiger partial charge in [0.1, 0.15) is 0 Å². The van der Waals surface area contributed by atoms with E-state index in [0.717, 1.165) is 87.3 Å². The third kappa shape index (κ3) is 6.70. The van der Waals surface area contributed by atoms with Gasteiger partial charge in [-0.05, 0) is 88.8 Å². The lowest BCUT2D eigenvalue weighted by molar-refractivity contribution is -0.138. The number of nitrogens with two attached hydrogens (primary N) is 2. The highest BCUT2D eigenvalue weighted by atomic mass is 19.4. The second-order valence-corrected chi connectivity index (χ2v) is 9.62. The van der Waals surface area contributed by atoms with Crippen LogP contribution in [0.4, 0.5) is 49.1 Å². The first-order valence-electron chi connectivity index (χ1n) is 12.3. The van der Waals surface area contributed by atoms with Gasteiger partial charge in [0.05, 0.1) is 33.9 Å². The summed E-state index contributed by atoms with van der Waals surface area (Å²) in [5, 5.41) is 0. The van der Waals surface area contributed by atoms with E-state index in [-0.39, 0.29) is 11.4 Å². The molecule has 0 radical (unpaired) electrons. The Labute approximate surface area is 208 Å². The van der Waals surface area contributed by atoms with Crippen molar-refractivity contribution in [1.82, 2.24) is 0 Å². The molecule has 0 spiro atoms. The summed E-state index contributed by atoms with van der Waals surface area (Å²) >= 11 is 0. The van der Waals surface area contributed by atoms with Crippen LogP contribution in [0.15, 0.2) is 36.4 Å². The predicted molar refractivity (Wildman–Crippen MR) is 133 cm³/mol.